The SMILES string of the molecule is CC(C)CCC[C@@H](C)[C@H]1CCC2C3CC=C4C[C@@H](OC(=O)c5cc([N+](=O)[O-])cc([N+](=O)[O-])c5)CC[C@]4(C)C3CC[C@@]21C. The minimum atomic E-state index is -0.738. The molecule has 8 nitrogen and oxygen atoms in total. The van der Waals surface area contributed by atoms with Gasteiger partial charge in [-0.25, -0.2) is 4.79 Å². The van der Waals surface area contributed by atoms with Gasteiger partial charge in [-0.3, -0.25) is 20.2 Å². The summed E-state index contributed by atoms with van der Waals surface area (Å²) in [6.45, 7) is 12.2. The standard InChI is InChI=1S/C34H48N2O6/c1-21(2)7-6-8-22(3)29-11-12-30-28-10-9-24-19-27(13-15-33(24,4)31(28)14-16-34(29,30)5)42-32(37)23-17-25(35(38)39)20-26(18-23)36(40)41/h9,17-18,20-22,27-31H,6-8,10-16,19H2,1-5H3/t22-,27+,28?,29-,30?,31?,33+,34-/m1/s1. The average molecular weight is 581 g/mol. The van der Waals surface area contributed by atoms with E-state index in [0.717, 1.165) is 67.1 Å². The van der Waals surface area contributed by atoms with Crippen molar-refractivity contribution in [2.24, 2.45) is 46.3 Å². The molecule has 0 N–H and O–H groups in total. The molecule has 1 aromatic rings. The molecule has 0 spiro atoms. The average Bonchev–Trinajstić information content (AvgIpc) is 3.30. The summed E-state index contributed by atoms with van der Waals surface area (Å²) in [6.07, 6.45) is 14.9. The number of non-ortho nitro benzene ring substituents is 2. The van der Waals surface area contributed by atoms with Crippen molar-refractivity contribution in [3.8, 4) is 0 Å². The van der Waals surface area contributed by atoms with Gasteiger partial charge in [-0.05, 0) is 91.3 Å². The zero-order chi connectivity index (χ0) is 30.4. The lowest BCUT2D eigenvalue weighted by Gasteiger charge is -2.58. The Morgan fingerprint density at radius 2 is 1.64 bits per heavy atom. The van der Waals surface area contributed by atoms with Gasteiger partial charge in [0, 0.05) is 18.6 Å². The van der Waals surface area contributed by atoms with Crippen LogP contribution >= 0.6 is 0 Å². The molecular weight excluding hydrogens is 532 g/mol. The van der Waals surface area contributed by atoms with Crippen molar-refractivity contribution in [1.29, 1.82) is 0 Å². The van der Waals surface area contributed by atoms with Gasteiger partial charge in [-0.1, -0.05) is 65.5 Å². The molecule has 8 heteroatoms. The molecule has 42 heavy (non-hydrogen) atoms. The highest BCUT2D eigenvalue weighted by Crippen LogP contribution is 2.67. The zero-order valence-electron chi connectivity index (χ0n) is 26.0. The minimum Gasteiger partial charge on any atom is -0.458 e. The first kappa shape index (κ1) is 30.7. The van der Waals surface area contributed by atoms with E-state index in [1.54, 1.807) is 0 Å². The summed E-state index contributed by atoms with van der Waals surface area (Å²) in [6, 6.07) is 2.99. The van der Waals surface area contributed by atoms with Gasteiger partial charge >= 0.3 is 5.97 Å². The first-order chi connectivity index (χ1) is 19.8. The third-order valence-electron chi connectivity index (χ3n) is 12.1. The van der Waals surface area contributed by atoms with Crippen molar-refractivity contribution >= 4 is 17.3 Å². The lowest BCUT2D eigenvalue weighted by Crippen LogP contribution is -2.51. The predicted octanol–water partition coefficient (Wildman–Crippen LogP) is 9.07. The second-order valence-electron chi connectivity index (χ2n) is 14.8. The van der Waals surface area contributed by atoms with E-state index < -0.39 is 27.2 Å². The molecule has 230 valence electrons. The van der Waals surface area contributed by atoms with Gasteiger partial charge in [-0.2, -0.15) is 0 Å². The van der Waals surface area contributed by atoms with E-state index in [2.05, 4.69) is 40.7 Å². The van der Waals surface area contributed by atoms with Gasteiger partial charge in [0.2, 0.25) is 0 Å². The molecule has 3 saturated carbocycles. The fraction of sp³-hybridized carbons (Fsp3) is 0.735. The highest BCUT2D eigenvalue weighted by molar-refractivity contribution is 5.91. The van der Waals surface area contributed by atoms with E-state index in [1.807, 2.05) is 0 Å². The monoisotopic (exact) mass is 580 g/mol. The quantitative estimate of drug-likeness (QED) is 0.125. The third kappa shape index (κ3) is 5.62. The van der Waals surface area contributed by atoms with Crippen LogP contribution in [0.15, 0.2) is 29.8 Å². The number of benzene rings is 1. The first-order valence-electron chi connectivity index (χ1n) is 16.2. The van der Waals surface area contributed by atoms with Gasteiger partial charge in [0.25, 0.3) is 11.4 Å². The van der Waals surface area contributed by atoms with E-state index >= 15 is 0 Å². The topological polar surface area (TPSA) is 113 Å². The van der Waals surface area contributed by atoms with Gasteiger partial charge < -0.3 is 4.74 Å². The van der Waals surface area contributed by atoms with E-state index in [0.29, 0.717) is 17.8 Å². The molecular formula is C34H48N2O6. The fourth-order valence-corrected chi connectivity index (χ4v) is 9.90. The van der Waals surface area contributed by atoms with Gasteiger partial charge in [0.15, 0.2) is 0 Å². The number of nitro benzene ring substituents is 2. The lowest BCUT2D eigenvalue weighted by molar-refractivity contribution is -0.394. The number of carbonyl (C=O) groups is 1. The maximum Gasteiger partial charge on any atom is 0.338 e. The number of ether oxygens (including phenoxy) is 1. The molecule has 4 aliphatic rings. The van der Waals surface area contributed by atoms with E-state index in [-0.39, 0.29) is 17.1 Å². The second kappa shape index (κ2) is 11.7. The number of fused-ring (bicyclic) bond motifs is 5. The highest BCUT2D eigenvalue weighted by Gasteiger charge is 2.59. The third-order valence-corrected chi connectivity index (χ3v) is 12.1. The van der Waals surface area contributed by atoms with Crippen molar-refractivity contribution in [1.82, 2.24) is 0 Å². The second-order valence-corrected chi connectivity index (χ2v) is 14.8. The van der Waals surface area contributed by atoms with Gasteiger partial charge in [0.1, 0.15) is 6.10 Å². The lowest BCUT2D eigenvalue weighted by atomic mass is 9.47. The Morgan fingerprint density at radius 1 is 0.952 bits per heavy atom. The molecule has 1 aromatic carbocycles. The van der Waals surface area contributed by atoms with Crippen LogP contribution in [0.25, 0.3) is 0 Å². The first-order valence-corrected chi connectivity index (χ1v) is 16.2. The Kier molecular flexibility index (Phi) is 8.56. The molecule has 8 atom stereocenters. The van der Waals surface area contributed by atoms with Crippen LogP contribution in [-0.2, 0) is 4.74 Å². The molecule has 0 bridgehead atoms. The van der Waals surface area contributed by atoms with Crippen LogP contribution < -0.4 is 0 Å². The van der Waals surface area contributed by atoms with E-state index in [9.17, 15) is 25.0 Å². The Bertz CT molecular complexity index is 1230. The zero-order valence-corrected chi connectivity index (χ0v) is 26.0. The molecule has 4 aliphatic carbocycles. The molecule has 5 rings (SSSR count). The van der Waals surface area contributed by atoms with Gasteiger partial charge in [0.05, 0.1) is 21.5 Å². The summed E-state index contributed by atoms with van der Waals surface area (Å²) in [5.74, 6) is 3.81. The van der Waals surface area contributed by atoms with Crippen molar-refractivity contribution in [3.05, 3.63) is 55.6 Å². The summed E-state index contributed by atoms with van der Waals surface area (Å²) in [5.41, 5.74) is 0.806. The van der Waals surface area contributed by atoms with Crippen LogP contribution in [0, 0.1) is 66.6 Å². The molecule has 3 unspecified atom stereocenters. The van der Waals surface area contributed by atoms with E-state index in [1.165, 1.54) is 50.5 Å². The van der Waals surface area contributed by atoms with Crippen molar-refractivity contribution in [3.63, 3.8) is 0 Å². The molecule has 0 saturated heterocycles. The van der Waals surface area contributed by atoms with Gasteiger partial charge in [-0.15, -0.1) is 0 Å². The van der Waals surface area contributed by atoms with Crippen molar-refractivity contribution < 1.29 is 19.4 Å². The van der Waals surface area contributed by atoms with E-state index in [4.69, 9.17) is 4.74 Å². The van der Waals surface area contributed by atoms with Crippen LogP contribution in [0.2, 0.25) is 0 Å². The summed E-state index contributed by atoms with van der Waals surface area (Å²) >= 11 is 0. The molecule has 0 radical (unpaired) electrons. The largest absolute Gasteiger partial charge is 0.458 e. The maximum absolute atomic E-state index is 13.0. The fourth-order valence-electron chi connectivity index (χ4n) is 9.90. The Morgan fingerprint density at radius 3 is 2.29 bits per heavy atom. The molecule has 3 fully saturated rings. The number of nitrogens with zero attached hydrogens (tertiary/aromatic N) is 2. The summed E-state index contributed by atoms with van der Waals surface area (Å²) in [7, 11) is 0. The summed E-state index contributed by atoms with van der Waals surface area (Å²) < 4.78 is 5.82. The maximum atomic E-state index is 13.0. The Labute approximate surface area is 250 Å². The Hall–Kier alpha value is -2.77. The smallest absolute Gasteiger partial charge is 0.338 e. The predicted molar refractivity (Wildman–Crippen MR) is 162 cm³/mol. The molecule has 0 amide bonds. The van der Waals surface area contributed by atoms with Crippen LogP contribution in [0.3, 0.4) is 0 Å². The summed E-state index contributed by atoms with van der Waals surface area (Å²) in [5, 5.41) is 22.6. The number of rotatable bonds is 9. The van der Waals surface area contributed by atoms with Crippen molar-refractivity contribution in [2.75, 3.05) is 0 Å². The normalized spacial score (nSPS) is 34.5. The number of hydrogen-bond acceptors (Lipinski definition) is 6. The molecule has 0 heterocycles. The van der Waals surface area contributed by atoms with Crippen LogP contribution in [0.5, 0.6) is 0 Å². The number of allylic oxidation sites excluding steroid dienone is 1. The molecule has 0 aliphatic heterocycles. The molecule has 0 aromatic heterocycles. The van der Waals surface area contributed by atoms with Crippen LogP contribution in [-0.4, -0.2) is 21.9 Å². The van der Waals surface area contributed by atoms with Crippen LogP contribution in [0.4, 0.5) is 11.4 Å². The number of hydrogen-bond donors (Lipinski definition) is 0. The number of carbonyl (C=O) groups excluding carboxylic acids is 1. The Balaban J connectivity index is 1.27. The number of esters is 1. The highest BCUT2D eigenvalue weighted by atomic mass is 16.6. The minimum absolute atomic E-state index is 0.110. The van der Waals surface area contributed by atoms with Crippen molar-refractivity contribution in [2.45, 2.75) is 111 Å². The summed E-state index contributed by atoms with van der Waals surface area (Å²) in [4.78, 5) is 34.1. The number of nitro groups is 2. The van der Waals surface area contributed by atoms with Crippen LogP contribution in [0.1, 0.15) is 116 Å².